The first-order chi connectivity index (χ1) is 13.0. The lowest BCUT2D eigenvalue weighted by atomic mass is 10.2. The van der Waals surface area contributed by atoms with Crippen LogP contribution in [0.5, 0.6) is 0 Å². The van der Waals surface area contributed by atoms with E-state index in [4.69, 9.17) is 5.11 Å². The van der Waals surface area contributed by atoms with Crippen LogP contribution in [0, 0.1) is 17.0 Å². The van der Waals surface area contributed by atoms with E-state index in [1.807, 2.05) is 29.7 Å². The number of fused-ring (bicyclic) bond motifs is 1. The van der Waals surface area contributed by atoms with Crippen molar-refractivity contribution < 1.29 is 14.8 Å². The molecular weight excluding hydrogens is 348 g/mol. The van der Waals surface area contributed by atoms with E-state index in [1.165, 1.54) is 24.3 Å². The number of non-ortho nitro benzene ring substituents is 1. The number of nitrogens with zero attached hydrogens (tertiary/aromatic N) is 3. The summed E-state index contributed by atoms with van der Waals surface area (Å²) in [6.07, 6.45) is 1.37. The highest BCUT2D eigenvalue weighted by Crippen LogP contribution is 2.23. The van der Waals surface area contributed by atoms with E-state index in [1.54, 1.807) is 0 Å². The number of carbonyl (C=O) groups is 1. The van der Waals surface area contributed by atoms with Crippen molar-refractivity contribution in [3.05, 3.63) is 63.7 Å². The molecule has 0 unspecified atom stereocenters. The summed E-state index contributed by atoms with van der Waals surface area (Å²) < 4.78 is 1.89. The van der Waals surface area contributed by atoms with Gasteiger partial charge in [-0.3, -0.25) is 20.2 Å². The number of nitro groups is 1. The first kappa shape index (κ1) is 18.5. The zero-order chi connectivity index (χ0) is 19.4. The number of benzene rings is 2. The van der Waals surface area contributed by atoms with Crippen LogP contribution in [-0.4, -0.2) is 32.1 Å². The number of nitro benzene ring substituents is 1. The molecule has 0 aliphatic carbocycles. The van der Waals surface area contributed by atoms with Gasteiger partial charge in [-0.15, -0.1) is 0 Å². The Labute approximate surface area is 155 Å². The molecule has 2 aromatic carbocycles. The molecule has 0 atom stereocenters. The minimum absolute atomic E-state index is 0.0983. The third-order valence-corrected chi connectivity index (χ3v) is 4.24. The highest BCUT2D eigenvalue weighted by Gasteiger charge is 2.16. The van der Waals surface area contributed by atoms with Gasteiger partial charge < -0.3 is 9.67 Å². The second-order valence-corrected chi connectivity index (χ2v) is 6.27. The molecule has 1 amide bonds. The second kappa shape index (κ2) is 7.96. The molecule has 0 aliphatic heterocycles. The molecule has 0 radical (unpaired) electrons. The van der Waals surface area contributed by atoms with Crippen molar-refractivity contribution in [3.8, 4) is 0 Å². The Bertz CT molecular complexity index is 997. The van der Waals surface area contributed by atoms with Gasteiger partial charge in [-0.1, -0.05) is 12.1 Å². The number of aromatic nitrogens is 2. The second-order valence-electron chi connectivity index (χ2n) is 6.27. The largest absolute Gasteiger partial charge is 0.396 e. The monoisotopic (exact) mass is 368 g/mol. The van der Waals surface area contributed by atoms with Gasteiger partial charge in [0.05, 0.1) is 16.0 Å². The van der Waals surface area contributed by atoms with Gasteiger partial charge in [0, 0.05) is 30.8 Å². The Balaban J connectivity index is 1.93. The Morgan fingerprint density at radius 2 is 2.07 bits per heavy atom. The summed E-state index contributed by atoms with van der Waals surface area (Å²) in [5.41, 5.74) is 2.74. The van der Waals surface area contributed by atoms with E-state index >= 15 is 0 Å². The van der Waals surface area contributed by atoms with Crippen LogP contribution < -0.4 is 5.32 Å². The maximum Gasteiger partial charge on any atom is 0.270 e. The molecule has 8 nitrogen and oxygen atoms in total. The maximum atomic E-state index is 12.6. The predicted octanol–water partition coefficient (Wildman–Crippen LogP) is 3.28. The summed E-state index contributed by atoms with van der Waals surface area (Å²) in [5, 5.41) is 22.7. The average molecular weight is 368 g/mol. The molecular formula is C19H20N4O4. The molecule has 0 saturated heterocycles. The van der Waals surface area contributed by atoms with E-state index in [0.717, 1.165) is 23.0 Å². The summed E-state index contributed by atoms with van der Waals surface area (Å²) in [6, 6.07) is 11.4. The highest BCUT2D eigenvalue weighted by atomic mass is 16.6. The Morgan fingerprint density at radius 3 is 2.81 bits per heavy atom. The van der Waals surface area contributed by atoms with Gasteiger partial charge in [0.2, 0.25) is 5.95 Å². The lowest BCUT2D eigenvalue weighted by Gasteiger charge is -2.10. The Morgan fingerprint density at radius 1 is 1.26 bits per heavy atom. The van der Waals surface area contributed by atoms with Gasteiger partial charge in [0.1, 0.15) is 0 Å². The fourth-order valence-corrected chi connectivity index (χ4v) is 2.88. The van der Waals surface area contributed by atoms with E-state index in [0.29, 0.717) is 18.9 Å². The van der Waals surface area contributed by atoms with Crippen LogP contribution >= 0.6 is 0 Å². The van der Waals surface area contributed by atoms with Gasteiger partial charge >= 0.3 is 0 Å². The van der Waals surface area contributed by atoms with Crippen molar-refractivity contribution >= 4 is 28.6 Å². The van der Waals surface area contributed by atoms with E-state index in [-0.39, 0.29) is 17.9 Å². The topological polar surface area (TPSA) is 110 Å². The Kier molecular flexibility index (Phi) is 5.46. The predicted molar refractivity (Wildman–Crippen MR) is 102 cm³/mol. The number of aliphatic hydroxyl groups is 1. The number of anilines is 1. The third kappa shape index (κ3) is 4.12. The molecule has 0 bridgehead atoms. The minimum atomic E-state index is -0.538. The fourth-order valence-electron chi connectivity index (χ4n) is 2.88. The molecule has 27 heavy (non-hydrogen) atoms. The maximum absolute atomic E-state index is 12.6. The number of aliphatic hydroxyl groups excluding tert-OH is 1. The van der Waals surface area contributed by atoms with Crippen LogP contribution in [0.15, 0.2) is 42.5 Å². The van der Waals surface area contributed by atoms with Crippen LogP contribution in [-0.2, 0) is 6.54 Å². The molecule has 140 valence electrons. The summed E-state index contributed by atoms with van der Waals surface area (Å²) >= 11 is 0. The summed E-state index contributed by atoms with van der Waals surface area (Å²) in [6.45, 7) is 2.65. The van der Waals surface area contributed by atoms with Gasteiger partial charge in [0.15, 0.2) is 0 Å². The molecule has 0 fully saturated rings. The van der Waals surface area contributed by atoms with E-state index in [2.05, 4.69) is 10.3 Å². The third-order valence-electron chi connectivity index (χ3n) is 4.24. The highest BCUT2D eigenvalue weighted by molar-refractivity contribution is 6.04. The van der Waals surface area contributed by atoms with Crippen LogP contribution in [0.1, 0.15) is 28.8 Å². The number of nitrogens with one attached hydrogen (secondary N) is 1. The van der Waals surface area contributed by atoms with Crippen molar-refractivity contribution in [1.29, 1.82) is 0 Å². The number of hydrogen-bond acceptors (Lipinski definition) is 5. The number of imidazole rings is 1. The van der Waals surface area contributed by atoms with Gasteiger partial charge in [-0.25, -0.2) is 4.98 Å². The zero-order valence-electron chi connectivity index (χ0n) is 14.9. The number of hydrogen-bond donors (Lipinski definition) is 2. The zero-order valence-corrected chi connectivity index (χ0v) is 14.9. The molecule has 2 N–H and O–H groups in total. The number of aryl methyl sites for hydroxylation is 2. The lowest BCUT2D eigenvalue weighted by molar-refractivity contribution is -0.384. The fraction of sp³-hybridized carbons (Fsp3) is 0.263. The van der Waals surface area contributed by atoms with Crippen LogP contribution in [0.2, 0.25) is 0 Å². The Hall–Kier alpha value is -3.26. The van der Waals surface area contributed by atoms with Crippen molar-refractivity contribution in [1.82, 2.24) is 9.55 Å². The van der Waals surface area contributed by atoms with Gasteiger partial charge in [-0.05, 0) is 43.5 Å². The molecule has 3 aromatic rings. The molecule has 1 aromatic heterocycles. The number of carbonyl (C=O) groups excluding carboxylic acids is 1. The molecule has 0 aliphatic rings. The molecule has 8 heteroatoms. The van der Waals surface area contributed by atoms with Crippen molar-refractivity contribution in [2.75, 3.05) is 11.9 Å². The summed E-state index contributed by atoms with van der Waals surface area (Å²) in [5.74, 6) is -0.0841. The smallest absolute Gasteiger partial charge is 0.270 e. The van der Waals surface area contributed by atoms with Crippen LogP contribution in [0.4, 0.5) is 11.6 Å². The molecule has 0 spiro atoms. The van der Waals surface area contributed by atoms with Crippen molar-refractivity contribution in [2.24, 2.45) is 0 Å². The van der Waals surface area contributed by atoms with Crippen LogP contribution in [0.3, 0.4) is 0 Å². The summed E-state index contributed by atoms with van der Waals surface area (Å²) in [7, 11) is 0. The van der Waals surface area contributed by atoms with E-state index in [9.17, 15) is 14.9 Å². The normalized spacial score (nSPS) is 10.9. The molecule has 3 rings (SSSR count). The number of rotatable bonds is 7. The standard InChI is InChI=1S/C19H20N4O4/c1-13-7-8-17-16(11-13)20-19(22(17)9-2-3-10-24)21-18(25)14-5-4-6-15(12-14)23(26)27/h4-8,11-12,24H,2-3,9-10H2,1H3,(H,20,21,25). The lowest BCUT2D eigenvalue weighted by Crippen LogP contribution is -2.16. The number of amides is 1. The minimum Gasteiger partial charge on any atom is -0.396 e. The first-order valence-electron chi connectivity index (χ1n) is 8.63. The van der Waals surface area contributed by atoms with Crippen molar-refractivity contribution in [3.63, 3.8) is 0 Å². The van der Waals surface area contributed by atoms with Crippen LogP contribution in [0.25, 0.3) is 11.0 Å². The quantitative estimate of drug-likeness (QED) is 0.378. The van der Waals surface area contributed by atoms with E-state index < -0.39 is 10.8 Å². The molecule has 0 saturated carbocycles. The number of unbranched alkanes of at least 4 members (excludes halogenated alkanes) is 1. The molecule has 1 heterocycles. The average Bonchev–Trinajstić information content (AvgIpc) is 2.98. The SMILES string of the molecule is Cc1ccc2c(c1)nc(NC(=O)c1cccc([N+](=O)[O-])c1)n2CCCCO. The first-order valence-corrected chi connectivity index (χ1v) is 8.63. The van der Waals surface area contributed by atoms with Gasteiger partial charge in [0.25, 0.3) is 11.6 Å². The summed E-state index contributed by atoms with van der Waals surface area (Å²) in [4.78, 5) is 27.5. The van der Waals surface area contributed by atoms with Gasteiger partial charge in [-0.2, -0.15) is 0 Å². The van der Waals surface area contributed by atoms with Crippen molar-refractivity contribution in [2.45, 2.75) is 26.3 Å².